The van der Waals surface area contributed by atoms with Crippen LogP contribution >= 0.6 is 0 Å². The molecule has 7 heteroatoms. The third-order valence-electron chi connectivity index (χ3n) is 2.87. The third-order valence-corrected chi connectivity index (χ3v) is 2.87. The summed E-state index contributed by atoms with van der Waals surface area (Å²) < 4.78 is 1.51. The van der Waals surface area contributed by atoms with Crippen molar-refractivity contribution in [2.24, 2.45) is 10.8 Å². The number of urea groups is 1. The summed E-state index contributed by atoms with van der Waals surface area (Å²) in [6, 6.07) is 6.15. The minimum Gasteiger partial charge on any atom is -0.506 e. The molecule has 4 N–H and O–H groups in total. The molecule has 0 saturated carbocycles. The van der Waals surface area contributed by atoms with Crippen LogP contribution in [-0.4, -0.2) is 21.9 Å². The standard InChI is InChI=1S/C13H14N4O3/c1-2-17-10-6-4-3-5-8(10)11(18)9(12(17)19)7-15-16-13(14)20/h3-7,18H,2H2,1H3,(H3,14,16,20)/b15-7-. The number of amides is 2. The van der Waals surface area contributed by atoms with Gasteiger partial charge in [0.1, 0.15) is 11.3 Å². The first-order valence-corrected chi connectivity index (χ1v) is 5.99. The molecule has 0 aliphatic rings. The molecule has 0 atom stereocenters. The number of aromatic hydroxyl groups is 1. The van der Waals surface area contributed by atoms with E-state index in [2.05, 4.69) is 5.10 Å². The van der Waals surface area contributed by atoms with Crippen LogP contribution in [0.1, 0.15) is 12.5 Å². The molecule has 1 aromatic carbocycles. The lowest BCUT2D eigenvalue weighted by molar-refractivity contribution is 0.249. The number of aryl methyl sites for hydroxylation is 1. The second-order valence-electron chi connectivity index (χ2n) is 4.06. The molecular weight excluding hydrogens is 260 g/mol. The average Bonchev–Trinajstić information content (AvgIpc) is 2.43. The first-order valence-electron chi connectivity index (χ1n) is 5.99. The molecule has 0 aliphatic carbocycles. The van der Waals surface area contributed by atoms with Gasteiger partial charge in [0.2, 0.25) is 0 Å². The molecule has 0 bridgehead atoms. The number of nitrogens with zero attached hydrogens (tertiary/aromatic N) is 2. The number of pyridine rings is 1. The summed E-state index contributed by atoms with van der Waals surface area (Å²) >= 11 is 0. The molecule has 0 radical (unpaired) electrons. The van der Waals surface area contributed by atoms with Gasteiger partial charge in [0, 0.05) is 11.9 Å². The fraction of sp³-hybridized carbons (Fsp3) is 0.154. The smallest absolute Gasteiger partial charge is 0.332 e. The van der Waals surface area contributed by atoms with Gasteiger partial charge in [-0.15, -0.1) is 0 Å². The van der Waals surface area contributed by atoms with E-state index in [9.17, 15) is 14.7 Å². The number of carbonyl (C=O) groups excluding carboxylic acids is 1. The second kappa shape index (κ2) is 5.43. The van der Waals surface area contributed by atoms with Crippen molar-refractivity contribution in [2.75, 3.05) is 0 Å². The number of primary amides is 1. The van der Waals surface area contributed by atoms with Crippen LogP contribution in [0.2, 0.25) is 0 Å². The second-order valence-corrected chi connectivity index (χ2v) is 4.06. The SMILES string of the molecule is CCn1c(=O)c(/C=N\NC(N)=O)c(O)c2ccccc21. The van der Waals surface area contributed by atoms with E-state index in [0.717, 1.165) is 6.21 Å². The Balaban J connectivity index is 2.69. The van der Waals surface area contributed by atoms with Crippen LogP contribution in [0.3, 0.4) is 0 Å². The molecular formula is C13H14N4O3. The Labute approximate surface area is 114 Å². The molecule has 1 heterocycles. The fourth-order valence-electron chi connectivity index (χ4n) is 2.00. The minimum atomic E-state index is -0.850. The molecule has 2 rings (SSSR count). The highest BCUT2D eigenvalue weighted by Gasteiger charge is 2.13. The lowest BCUT2D eigenvalue weighted by Crippen LogP contribution is -2.26. The van der Waals surface area contributed by atoms with Crippen molar-refractivity contribution in [3.8, 4) is 5.75 Å². The van der Waals surface area contributed by atoms with Crippen LogP contribution in [0.25, 0.3) is 10.9 Å². The Kier molecular flexibility index (Phi) is 3.69. The Morgan fingerprint density at radius 2 is 2.20 bits per heavy atom. The van der Waals surface area contributed by atoms with E-state index in [0.29, 0.717) is 17.4 Å². The summed E-state index contributed by atoms with van der Waals surface area (Å²) in [5, 5.41) is 14.2. The highest BCUT2D eigenvalue weighted by atomic mass is 16.3. The molecule has 0 unspecified atom stereocenters. The van der Waals surface area contributed by atoms with E-state index in [1.54, 1.807) is 24.3 Å². The Morgan fingerprint density at radius 1 is 1.50 bits per heavy atom. The lowest BCUT2D eigenvalue weighted by Gasteiger charge is -2.11. The predicted molar refractivity (Wildman–Crippen MR) is 75.9 cm³/mol. The van der Waals surface area contributed by atoms with Crippen molar-refractivity contribution < 1.29 is 9.90 Å². The zero-order chi connectivity index (χ0) is 14.7. The van der Waals surface area contributed by atoms with E-state index in [1.807, 2.05) is 12.3 Å². The first-order chi connectivity index (χ1) is 9.56. The number of rotatable bonds is 3. The highest BCUT2D eigenvalue weighted by molar-refractivity contribution is 5.95. The van der Waals surface area contributed by atoms with Gasteiger partial charge < -0.3 is 15.4 Å². The molecule has 2 amide bonds. The maximum atomic E-state index is 12.3. The van der Waals surface area contributed by atoms with Crippen LogP contribution in [0.4, 0.5) is 4.79 Å². The van der Waals surface area contributed by atoms with Gasteiger partial charge in [-0.1, -0.05) is 12.1 Å². The number of aromatic nitrogens is 1. The van der Waals surface area contributed by atoms with Crippen molar-refractivity contribution in [1.29, 1.82) is 0 Å². The van der Waals surface area contributed by atoms with Gasteiger partial charge in [0.05, 0.1) is 11.7 Å². The molecule has 7 nitrogen and oxygen atoms in total. The number of hydrogen-bond donors (Lipinski definition) is 3. The first kappa shape index (κ1) is 13.6. The number of nitrogens with one attached hydrogen (secondary N) is 1. The van der Waals surface area contributed by atoms with Crippen molar-refractivity contribution in [1.82, 2.24) is 9.99 Å². The number of para-hydroxylation sites is 1. The van der Waals surface area contributed by atoms with E-state index < -0.39 is 11.6 Å². The maximum Gasteiger partial charge on any atom is 0.332 e. The van der Waals surface area contributed by atoms with Gasteiger partial charge in [-0.2, -0.15) is 5.10 Å². The van der Waals surface area contributed by atoms with Gasteiger partial charge in [-0.3, -0.25) is 4.79 Å². The van der Waals surface area contributed by atoms with E-state index in [-0.39, 0.29) is 11.3 Å². The maximum absolute atomic E-state index is 12.3. The summed E-state index contributed by atoms with van der Waals surface area (Å²) in [4.78, 5) is 22.8. The van der Waals surface area contributed by atoms with Crippen LogP contribution in [-0.2, 0) is 6.54 Å². The number of benzene rings is 1. The third kappa shape index (κ3) is 2.33. The van der Waals surface area contributed by atoms with Crippen molar-refractivity contribution in [3.05, 3.63) is 40.2 Å². The Morgan fingerprint density at radius 3 is 2.85 bits per heavy atom. The molecule has 20 heavy (non-hydrogen) atoms. The molecule has 0 aliphatic heterocycles. The molecule has 0 fully saturated rings. The average molecular weight is 274 g/mol. The molecule has 1 aromatic heterocycles. The summed E-state index contributed by atoms with van der Waals surface area (Å²) in [6.07, 6.45) is 1.08. The van der Waals surface area contributed by atoms with Crippen LogP contribution in [0.15, 0.2) is 34.2 Å². The van der Waals surface area contributed by atoms with Crippen molar-refractivity contribution in [3.63, 3.8) is 0 Å². The summed E-state index contributed by atoms with van der Waals surface area (Å²) in [6.45, 7) is 2.27. The predicted octanol–water partition coefficient (Wildman–Crippen LogP) is 0.729. The molecule has 0 saturated heterocycles. The van der Waals surface area contributed by atoms with E-state index in [1.165, 1.54) is 4.57 Å². The largest absolute Gasteiger partial charge is 0.506 e. The highest BCUT2D eigenvalue weighted by Crippen LogP contribution is 2.25. The number of nitrogens with two attached hydrogens (primary N) is 1. The minimum absolute atomic E-state index is 0.000648. The molecule has 2 aromatic rings. The van der Waals surface area contributed by atoms with Gasteiger partial charge in [-0.05, 0) is 19.1 Å². The topological polar surface area (TPSA) is 110 Å². The number of carbonyl (C=O) groups is 1. The monoisotopic (exact) mass is 274 g/mol. The number of hydrogen-bond acceptors (Lipinski definition) is 4. The van der Waals surface area contributed by atoms with E-state index in [4.69, 9.17) is 5.73 Å². The zero-order valence-electron chi connectivity index (χ0n) is 10.8. The van der Waals surface area contributed by atoms with Gasteiger partial charge >= 0.3 is 6.03 Å². The molecule has 104 valence electrons. The Hall–Kier alpha value is -2.83. The summed E-state index contributed by atoms with van der Waals surface area (Å²) in [5.74, 6) is -0.176. The summed E-state index contributed by atoms with van der Waals surface area (Å²) in [5.41, 5.74) is 7.10. The van der Waals surface area contributed by atoms with E-state index >= 15 is 0 Å². The quantitative estimate of drug-likeness (QED) is 0.566. The summed E-state index contributed by atoms with van der Waals surface area (Å²) in [7, 11) is 0. The van der Waals surface area contributed by atoms with Gasteiger partial charge in [0.15, 0.2) is 0 Å². The van der Waals surface area contributed by atoms with Gasteiger partial charge in [0.25, 0.3) is 5.56 Å². The number of fused-ring (bicyclic) bond motifs is 1. The Bertz CT molecular complexity index is 749. The molecule has 0 spiro atoms. The van der Waals surface area contributed by atoms with Crippen molar-refractivity contribution >= 4 is 23.1 Å². The van der Waals surface area contributed by atoms with Crippen LogP contribution in [0, 0.1) is 0 Å². The number of hydrazone groups is 1. The zero-order valence-corrected chi connectivity index (χ0v) is 10.8. The van der Waals surface area contributed by atoms with Crippen molar-refractivity contribution in [2.45, 2.75) is 13.5 Å². The fourth-order valence-corrected chi connectivity index (χ4v) is 2.00. The van der Waals surface area contributed by atoms with Crippen LogP contribution < -0.4 is 16.7 Å². The lowest BCUT2D eigenvalue weighted by atomic mass is 10.1. The van der Waals surface area contributed by atoms with Gasteiger partial charge in [-0.25, -0.2) is 10.2 Å². The van der Waals surface area contributed by atoms with Crippen LogP contribution in [0.5, 0.6) is 5.75 Å². The normalized spacial score (nSPS) is 11.1.